The number of ether oxygens (including phenoxy) is 9. The molecular formula is C58H72N4O17. The first-order valence-corrected chi connectivity index (χ1v) is 25.7. The van der Waals surface area contributed by atoms with Gasteiger partial charge in [-0.1, -0.05) is 47.6 Å². The Balaban J connectivity index is 1.58. The van der Waals surface area contributed by atoms with Crippen LogP contribution in [0.25, 0.3) is 49.3 Å². The Hall–Kier alpha value is -8.23. The highest BCUT2D eigenvalue weighted by Crippen LogP contribution is 2.47. The van der Waals surface area contributed by atoms with Crippen LogP contribution in [0, 0.1) is 17.8 Å². The molecule has 0 bridgehead atoms. The van der Waals surface area contributed by atoms with Gasteiger partial charge in [0.15, 0.2) is 34.5 Å². The van der Waals surface area contributed by atoms with Gasteiger partial charge in [-0.05, 0) is 127 Å². The topological polar surface area (TPSA) is 256 Å². The Labute approximate surface area is 457 Å². The monoisotopic (exact) mass is 1100 g/mol. The molecule has 3 N–H and O–H groups in total. The van der Waals surface area contributed by atoms with Crippen molar-refractivity contribution in [3.05, 3.63) is 65.1 Å². The van der Waals surface area contributed by atoms with E-state index in [1.165, 1.54) is 33.5 Å². The van der Waals surface area contributed by atoms with Crippen LogP contribution in [0.3, 0.4) is 0 Å². The van der Waals surface area contributed by atoms with Gasteiger partial charge in [-0.25, -0.2) is 33.6 Å². The first-order valence-electron chi connectivity index (χ1n) is 25.7. The molecule has 426 valence electrons. The van der Waals surface area contributed by atoms with Crippen molar-refractivity contribution in [1.82, 2.24) is 20.4 Å². The standard InChI is InChI=1S/C58H72N4O17/c1-28(2)44(59-53(67)77-56(7,8)9)49(63)73-35-20-19-32(24-37(35)70-16)42-43-34-26-39(72-18)41(76-51(65)46(30(5)6)61-55(69)79-58(13,14)15)27-36(34)74-52(66)48(43)62-22-21-31-23-40(38(71-17)25-33(31)47(42)62)75-50(64)45(29(3)4)60-54(68)78-57(10,11)12/h19-30,44-46H,1-18H3,(H,59,67)(H,60,68)(H,61,69)/t44-,45-,46-/m0/s1. The number of carbonyl (C=O) groups is 6. The molecule has 3 atom stereocenters. The molecule has 0 radical (unpaired) electrons. The van der Waals surface area contributed by atoms with Crippen LogP contribution in [0.1, 0.15) is 104 Å². The molecule has 3 aromatic carbocycles. The maximum Gasteiger partial charge on any atom is 0.408 e. The summed E-state index contributed by atoms with van der Waals surface area (Å²) in [5.41, 5.74) is -2.00. The summed E-state index contributed by atoms with van der Waals surface area (Å²) in [6, 6.07) is 9.18. The zero-order valence-electron chi connectivity index (χ0n) is 48.0. The van der Waals surface area contributed by atoms with E-state index in [2.05, 4.69) is 16.0 Å². The highest BCUT2D eigenvalue weighted by atomic mass is 16.6. The first kappa shape index (κ1) is 60.0. The minimum absolute atomic E-state index is 0.00193. The summed E-state index contributed by atoms with van der Waals surface area (Å²) >= 11 is 0. The van der Waals surface area contributed by atoms with Crippen molar-refractivity contribution >= 4 is 74.3 Å². The summed E-state index contributed by atoms with van der Waals surface area (Å²) in [7, 11) is 4.14. The van der Waals surface area contributed by atoms with Gasteiger partial charge in [0.25, 0.3) is 0 Å². The molecule has 0 spiro atoms. The minimum Gasteiger partial charge on any atom is -0.493 e. The molecule has 0 fully saturated rings. The third-order valence-electron chi connectivity index (χ3n) is 12.0. The lowest BCUT2D eigenvalue weighted by atomic mass is 9.97. The summed E-state index contributed by atoms with van der Waals surface area (Å²) in [5, 5.41) is 9.45. The number of esters is 3. The molecule has 0 aliphatic rings. The van der Waals surface area contributed by atoms with Crippen molar-refractivity contribution in [2.24, 2.45) is 17.8 Å². The third kappa shape index (κ3) is 14.1. The molecule has 0 saturated heterocycles. The van der Waals surface area contributed by atoms with Crippen molar-refractivity contribution in [3.8, 4) is 45.6 Å². The number of benzene rings is 3. The fraction of sp³-hybridized carbons (Fsp3) is 0.466. The van der Waals surface area contributed by atoms with Crippen LogP contribution in [0.15, 0.2) is 63.9 Å². The SMILES string of the molecule is COc1cc(-c2c3c4cc(OC)c(OC(=O)[C@@H](NC(=O)OC(C)(C)C)C(C)C)cc4oc(=O)c3n3ccc4cc(OC(=O)[C@@H](NC(=O)OC(C)(C)C)C(C)C)c(OC)cc4c23)ccc1OC(=O)[C@@H](NC(=O)OC(C)(C)C)C(C)C. The lowest BCUT2D eigenvalue weighted by molar-refractivity contribution is -0.138. The van der Waals surface area contributed by atoms with Crippen LogP contribution in [-0.2, 0) is 28.6 Å². The second kappa shape index (κ2) is 23.4. The van der Waals surface area contributed by atoms with Gasteiger partial charge < -0.3 is 67.4 Å². The summed E-state index contributed by atoms with van der Waals surface area (Å²) in [6.45, 7) is 25.7. The maximum atomic E-state index is 14.6. The quantitative estimate of drug-likeness (QED) is 0.0352. The van der Waals surface area contributed by atoms with Crippen LogP contribution < -0.4 is 50.0 Å². The van der Waals surface area contributed by atoms with E-state index < -0.39 is 94.5 Å². The molecule has 21 nitrogen and oxygen atoms in total. The predicted molar refractivity (Wildman–Crippen MR) is 294 cm³/mol. The van der Waals surface area contributed by atoms with Gasteiger partial charge in [0.2, 0.25) is 0 Å². The number of amides is 3. The molecule has 0 aliphatic carbocycles. The molecule has 21 heteroatoms. The van der Waals surface area contributed by atoms with Gasteiger partial charge in [0.05, 0.1) is 26.8 Å². The van der Waals surface area contributed by atoms with Crippen molar-refractivity contribution in [1.29, 1.82) is 0 Å². The van der Waals surface area contributed by atoms with Crippen molar-refractivity contribution in [3.63, 3.8) is 0 Å². The molecule has 79 heavy (non-hydrogen) atoms. The molecule has 6 aromatic rings. The Morgan fingerprint density at radius 2 is 0.899 bits per heavy atom. The predicted octanol–water partition coefficient (Wildman–Crippen LogP) is 10.4. The fourth-order valence-electron chi connectivity index (χ4n) is 8.49. The average Bonchev–Trinajstić information content (AvgIpc) is 3.91. The van der Waals surface area contributed by atoms with Crippen molar-refractivity contribution < 1.29 is 75.8 Å². The van der Waals surface area contributed by atoms with E-state index in [1.807, 2.05) is 0 Å². The molecule has 3 amide bonds. The summed E-state index contributed by atoms with van der Waals surface area (Å²) in [4.78, 5) is 94.7. The fourth-order valence-corrected chi connectivity index (χ4v) is 8.49. The number of rotatable bonds is 16. The number of alkyl carbamates (subject to hydrolysis) is 3. The van der Waals surface area contributed by atoms with E-state index in [4.69, 9.17) is 47.0 Å². The molecular weight excluding hydrogens is 1020 g/mol. The maximum absolute atomic E-state index is 14.6. The summed E-state index contributed by atoms with van der Waals surface area (Å²) < 4.78 is 59.2. The van der Waals surface area contributed by atoms with Crippen LogP contribution in [0.2, 0.25) is 0 Å². The number of hydrogen-bond donors (Lipinski definition) is 3. The molecule has 0 unspecified atom stereocenters. The van der Waals surface area contributed by atoms with Crippen LogP contribution >= 0.6 is 0 Å². The summed E-state index contributed by atoms with van der Waals surface area (Å²) in [5.74, 6) is -3.59. The number of hydrogen-bond acceptors (Lipinski definition) is 17. The van der Waals surface area contributed by atoms with Gasteiger partial charge in [-0.3, -0.25) is 0 Å². The number of pyridine rings is 1. The van der Waals surface area contributed by atoms with Gasteiger partial charge in [-0.2, -0.15) is 0 Å². The third-order valence-corrected chi connectivity index (χ3v) is 12.0. The lowest BCUT2D eigenvalue weighted by Crippen LogP contribution is -2.48. The molecule has 3 aromatic heterocycles. The van der Waals surface area contributed by atoms with E-state index in [9.17, 15) is 33.6 Å². The Morgan fingerprint density at radius 3 is 1.32 bits per heavy atom. The number of fused-ring (bicyclic) bond motifs is 7. The number of carbonyl (C=O) groups excluding carboxylic acids is 6. The number of nitrogens with zero attached hydrogens (tertiary/aromatic N) is 1. The van der Waals surface area contributed by atoms with E-state index in [0.29, 0.717) is 38.2 Å². The van der Waals surface area contributed by atoms with Crippen molar-refractivity contribution in [2.75, 3.05) is 21.3 Å². The first-order chi connectivity index (χ1) is 36.7. The summed E-state index contributed by atoms with van der Waals surface area (Å²) in [6.07, 6.45) is -0.807. The van der Waals surface area contributed by atoms with Crippen molar-refractivity contribution in [2.45, 2.75) is 139 Å². The van der Waals surface area contributed by atoms with Gasteiger partial charge in [0, 0.05) is 34.0 Å². The highest BCUT2D eigenvalue weighted by molar-refractivity contribution is 6.22. The van der Waals surface area contributed by atoms with E-state index >= 15 is 0 Å². The zero-order chi connectivity index (χ0) is 58.8. The number of nitrogens with one attached hydrogen (secondary N) is 3. The van der Waals surface area contributed by atoms with E-state index in [1.54, 1.807) is 151 Å². The number of aromatic nitrogens is 1. The van der Waals surface area contributed by atoms with Crippen LogP contribution in [-0.4, -0.2) is 96.8 Å². The second-order valence-electron chi connectivity index (χ2n) is 22.8. The van der Waals surface area contributed by atoms with E-state index in [0.717, 1.165) is 0 Å². The Kier molecular flexibility index (Phi) is 17.8. The lowest BCUT2D eigenvalue weighted by Gasteiger charge is -2.25. The van der Waals surface area contributed by atoms with Gasteiger partial charge >= 0.3 is 41.8 Å². The highest BCUT2D eigenvalue weighted by Gasteiger charge is 2.34. The van der Waals surface area contributed by atoms with Crippen LogP contribution in [0.4, 0.5) is 14.4 Å². The molecule has 0 saturated carbocycles. The van der Waals surface area contributed by atoms with Gasteiger partial charge in [0.1, 0.15) is 46.0 Å². The zero-order valence-corrected chi connectivity index (χ0v) is 48.0. The second-order valence-corrected chi connectivity index (χ2v) is 22.8. The average molecular weight is 1100 g/mol. The molecule has 0 aliphatic heterocycles. The Bertz CT molecular complexity index is 3390. The molecule has 3 heterocycles. The number of methoxy groups -OCH3 is 3. The van der Waals surface area contributed by atoms with Crippen LogP contribution in [0.5, 0.6) is 34.5 Å². The normalized spacial score (nSPS) is 13.2. The largest absolute Gasteiger partial charge is 0.493 e. The van der Waals surface area contributed by atoms with Gasteiger partial charge in [-0.15, -0.1) is 0 Å². The Morgan fingerprint density at radius 1 is 0.494 bits per heavy atom. The smallest absolute Gasteiger partial charge is 0.408 e. The van der Waals surface area contributed by atoms with E-state index in [-0.39, 0.29) is 45.6 Å². The minimum atomic E-state index is -1.16. The molecule has 6 rings (SSSR count).